The third-order valence-corrected chi connectivity index (χ3v) is 2.36. The summed E-state index contributed by atoms with van der Waals surface area (Å²) in [5.74, 6) is -0.349. The van der Waals surface area contributed by atoms with Gasteiger partial charge in [0.05, 0.1) is 5.02 Å². The van der Waals surface area contributed by atoms with E-state index in [-0.39, 0.29) is 17.7 Å². The smallest absolute Gasteiger partial charge is 0.251 e. The molecular weight excluding hydrogens is 226 g/mol. The molecule has 4 heteroatoms. The SMILES string of the molecule is CC(=O)c1cc(C(=O)NC(C)C)ccc1Cl. The minimum absolute atomic E-state index is 0.0592. The van der Waals surface area contributed by atoms with E-state index in [1.165, 1.54) is 13.0 Å². The Kier molecular flexibility index (Phi) is 4.07. The zero-order valence-corrected chi connectivity index (χ0v) is 10.3. The van der Waals surface area contributed by atoms with E-state index in [9.17, 15) is 9.59 Å². The van der Waals surface area contributed by atoms with Crippen molar-refractivity contribution < 1.29 is 9.59 Å². The van der Waals surface area contributed by atoms with Crippen LogP contribution in [0.3, 0.4) is 0 Å². The first-order valence-electron chi connectivity index (χ1n) is 5.03. The zero-order valence-electron chi connectivity index (χ0n) is 9.50. The lowest BCUT2D eigenvalue weighted by molar-refractivity contribution is 0.0943. The number of carbonyl (C=O) groups excluding carboxylic acids is 2. The van der Waals surface area contributed by atoms with Crippen LogP contribution in [0.2, 0.25) is 5.02 Å². The number of hydrogen-bond donors (Lipinski definition) is 1. The maximum Gasteiger partial charge on any atom is 0.251 e. The Hall–Kier alpha value is -1.35. The summed E-state index contributed by atoms with van der Waals surface area (Å²) in [6.45, 7) is 5.17. The fraction of sp³-hybridized carbons (Fsp3) is 0.333. The van der Waals surface area contributed by atoms with E-state index >= 15 is 0 Å². The molecule has 0 aromatic heterocycles. The molecule has 0 aliphatic carbocycles. The lowest BCUT2D eigenvalue weighted by Crippen LogP contribution is -2.30. The average Bonchev–Trinajstić information content (AvgIpc) is 2.16. The van der Waals surface area contributed by atoms with Crippen LogP contribution in [0.25, 0.3) is 0 Å². The van der Waals surface area contributed by atoms with Gasteiger partial charge < -0.3 is 5.32 Å². The van der Waals surface area contributed by atoms with Gasteiger partial charge in [0.2, 0.25) is 0 Å². The van der Waals surface area contributed by atoms with Crippen molar-refractivity contribution in [2.75, 3.05) is 0 Å². The summed E-state index contributed by atoms with van der Waals surface area (Å²) in [6, 6.07) is 4.74. The monoisotopic (exact) mass is 239 g/mol. The van der Waals surface area contributed by atoms with E-state index in [1.807, 2.05) is 13.8 Å². The third kappa shape index (κ3) is 3.07. The van der Waals surface area contributed by atoms with E-state index in [1.54, 1.807) is 12.1 Å². The largest absolute Gasteiger partial charge is 0.350 e. The van der Waals surface area contributed by atoms with Crippen molar-refractivity contribution in [1.29, 1.82) is 0 Å². The van der Waals surface area contributed by atoms with Crippen LogP contribution >= 0.6 is 11.6 Å². The van der Waals surface area contributed by atoms with Crippen LogP contribution in [-0.4, -0.2) is 17.7 Å². The summed E-state index contributed by atoms with van der Waals surface area (Å²) < 4.78 is 0. The molecule has 0 bridgehead atoms. The fourth-order valence-electron chi connectivity index (χ4n) is 1.28. The number of Topliss-reactive ketones (excluding diaryl/α,β-unsaturated/α-hetero) is 1. The van der Waals surface area contributed by atoms with Gasteiger partial charge in [-0.3, -0.25) is 9.59 Å². The number of halogens is 1. The Morgan fingerprint density at radius 1 is 1.31 bits per heavy atom. The van der Waals surface area contributed by atoms with Gasteiger partial charge in [-0.15, -0.1) is 0 Å². The number of amides is 1. The molecular formula is C12H14ClNO2. The van der Waals surface area contributed by atoms with E-state index < -0.39 is 0 Å². The van der Waals surface area contributed by atoms with Gasteiger partial charge in [-0.2, -0.15) is 0 Å². The second kappa shape index (κ2) is 5.12. The van der Waals surface area contributed by atoms with Crippen LogP contribution < -0.4 is 5.32 Å². The van der Waals surface area contributed by atoms with Gasteiger partial charge in [0.1, 0.15) is 0 Å². The van der Waals surface area contributed by atoms with E-state index in [0.717, 1.165) is 0 Å². The van der Waals surface area contributed by atoms with Crippen molar-refractivity contribution in [3.8, 4) is 0 Å². The Morgan fingerprint density at radius 3 is 2.44 bits per heavy atom. The van der Waals surface area contributed by atoms with Gasteiger partial charge >= 0.3 is 0 Å². The Balaban J connectivity index is 3.03. The molecule has 1 rings (SSSR count). The molecule has 0 saturated heterocycles. The molecule has 1 N–H and O–H groups in total. The molecule has 0 unspecified atom stereocenters. The molecule has 3 nitrogen and oxygen atoms in total. The first-order chi connectivity index (χ1) is 7.41. The second-order valence-electron chi connectivity index (χ2n) is 3.88. The van der Waals surface area contributed by atoms with Crippen LogP contribution in [0.4, 0.5) is 0 Å². The lowest BCUT2D eigenvalue weighted by Gasteiger charge is -2.09. The van der Waals surface area contributed by atoms with Gasteiger partial charge in [-0.1, -0.05) is 11.6 Å². The van der Waals surface area contributed by atoms with E-state index in [0.29, 0.717) is 16.1 Å². The van der Waals surface area contributed by atoms with Crippen molar-refractivity contribution in [1.82, 2.24) is 5.32 Å². The lowest BCUT2D eigenvalue weighted by atomic mass is 10.1. The summed E-state index contributed by atoms with van der Waals surface area (Å²) in [5, 5.41) is 3.12. The first kappa shape index (κ1) is 12.7. The highest BCUT2D eigenvalue weighted by Crippen LogP contribution is 2.18. The number of nitrogens with one attached hydrogen (secondary N) is 1. The highest BCUT2D eigenvalue weighted by atomic mass is 35.5. The number of hydrogen-bond acceptors (Lipinski definition) is 2. The van der Waals surface area contributed by atoms with Gasteiger partial charge in [-0.25, -0.2) is 0 Å². The van der Waals surface area contributed by atoms with Crippen LogP contribution in [0.5, 0.6) is 0 Å². The summed E-state index contributed by atoms with van der Waals surface area (Å²) in [5.41, 5.74) is 0.821. The molecule has 1 aromatic rings. The van der Waals surface area contributed by atoms with Crippen molar-refractivity contribution in [3.05, 3.63) is 34.3 Å². The average molecular weight is 240 g/mol. The summed E-state index contributed by atoms with van der Waals surface area (Å²) >= 11 is 5.85. The molecule has 1 aromatic carbocycles. The maximum atomic E-state index is 11.7. The summed E-state index contributed by atoms with van der Waals surface area (Å²) in [4.78, 5) is 22.9. The van der Waals surface area contributed by atoms with Crippen molar-refractivity contribution in [3.63, 3.8) is 0 Å². The van der Waals surface area contributed by atoms with Crippen molar-refractivity contribution >= 4 is 23.3 Å². The molecule has 0 atom stereocenters. The zero-order chi connectivity index (χ0) is 12.3. The van der Waals surface area contributed by atoms with E-state index in [2.05, 4.69) is 5.32 Å². The Bertz CT molecular complexity index is 427. The predicted molar refractivity (Wildman–Crippen MR) is 64.1 cm³/mol. The summed E-state index contributed by atoms with van der Waals surface area (Å²) in [6.07, 6.45) is 0. The molecule has 0 aliphatic heterocycles. The van der Waals surface area contributed by atoms with Crippen molar-refractivity contribution in [2.45, 2.75) is 26.8 Å². The minimum atomic E-state index is -0.200. The standard InChI is InChI=1S/C12H14ClNO2/c1-7(2)14-12(16)9-4-5-11(13)10(6-9)8(3)15/h4-7H,1-3H3,(H,14,16). The van der Waals surface area contributed by atoms with Crippen LogP contribution in [0.15, 0.2) is 18.2 Å². The molecule has 1 amide bonds. The van der Waals surface area contributed by atoms with Crippen LogP contribution in [0.1, 0.15) is 41.5 Å². The van der Waals surface area contributed by atoms with E-state index in [4.69, 9.17) is 11.6 Å². The number of benzene rings is 1. The predicted octanol–water partition coefficient (Wildman–Crippen LogP) is 2.68. The van der Waals surface area contributed by atoms with Gasteiger partial charge in [-0.05, 0) is 39.0 Å². The number of carbonyl (C=O) groups is 2. The number of rotatable bonds is 3. The third-order valence-electron chi connectivity index (χ3n) is 2.03. The Labute approximate surface area is 99.8 Å². The van der Waals surface area contributed by atoms with Gasteiger partial charge in [0.25, 0.3) is 5.91 Å². The molecule has 86 valence electrons. The normalized spacial score (nSPS) is 10.3. The molecule has 0 saturated carbocycles. The maximum absolute atomic E-state index is 11.7. The second-order valence-corrected chi connectivity index (χ2v) is 4.29. The molecule has 0 aliphatic rings. The van der Waals surface area contributed by atoms with Crippen LogP contribution in [0, 0.1) is 0 Å². The molecule has 0 radical (unpaired) electrons. The number of ketones is 1. The molecule has 0 heterocycles. The minimum Gasteiger partial charge on any atom is -0.350 e. The molecule has 16 heavy (non-hydrogen) atoms. The van der Waals surface area contributed by atoms with Gasteiger partial charge in [0.15, 0.2) is 5.78 Å². The van der Waals surface area contributed by atoms with Crippen LogP contribution in [-0.2, 0) is 0 Å². The Morgan fingerprint density at radius 2 is 1.94 bits per heavy atom. The topological polar surface area (TPSA) is 46.2 Å². The fourth-order valence-corrected chi connectivity index (χ4v) is 1.53. The molecule has 0 fully saturated rings. The molecule has 0 spiro atoms. The first-order valence-corrected chi connectivity index (χ1v) is 5.41. The highest BCUT2D eigenvalue weighted by Gasteiger charge is 2.11. The van der Waals surface area contributed by atoms with Gasteiger partial charge in [0, 0.05) is 17.2 Å². The van der Waals surface area contributed by atoms with Crippen molar-refractivity contribution in [2.24, 2.45) is 0 Å². The highest BCUT2D eigenvalue weighted by molar-refractivity contribution is 6.34. The summed E-state index contributed by atoms with van der Waals surface area (Å²) in [7, 11) is 0. The quantitative estimate of drug-likeness (QED) is 0.825.